The summed E-state index contributed by atoms with van der Waals surface area (Å²) in [4.78, 5) is 33.9. The maximum Gasteiger partial charge on any atom is 0.407 e. The molecular formula is C16H18N2O6. The van der Waals surface area contributed by atoms with Crippen LogP contribution >= 0.6 is 0 Å². The Balaban J connectivity index is 1.75. The number of amides is 2. The zero-order valence-corrected chi connectivity index (χ0v) is 13.2. The van der Waals surface area contributed by atoms with Gasteiger partial charge in [-0.1, -0.05) is 0 Å². The second-order valence-electron chi connectivity index (χ2n) is 4.76. The Bertz CT molecular complexity index is 770. The van der Waals surface area contributed by atoms with E-state index in [4.69, 9.17) is 13.9 Å². The summed E-state index contributed by atoms with van der Waals surface area (Å²) in [6.45, 7) is 2.30. The summed E-state index contributed by atoms with van der Waals surface area (Å²) in [5, 5.41) is 5.78. The number of nitrogens with one attached hydrogen (secondary N) is 2. The monoisotopic (exact) mass is 334 g/mol. The summed E-state index contributed by atoms with van der Waals surface area (Å²) in [5.74, 6) is 0.0506. The van der Waals surface area contributed by atoms with Gasteiger partial charge in [0.1, 0.15) is 17.9 Å². The lowest BCUT2D eigenvalue weighted by Crippen LogP contribution is -2.33. The molecule has 0 aliphatic carbocycles. The smallest absolute Gasteiger partial charge is 0.407 e. The lowest BCUT2D eigenvalue weighted by Gasteiger charge is -2.08. The molecule has 8 heteroatoms. The third-order valence-electron chi connectivity index (χ3n) is 2.94. The lowest BCUT2D eigenvalue weighted by atomic mass is 10.2. The quantitative estimate of drug-likeness (QED) is 0.579. The molecule has 1 aromatic heterocycles. The number of ether oxygens (including phenoxy) is 2. The van der Waals surface area contributed by atoms with Gasteiger partial charge in [0.15, 0.2) is 6.61 Å². The summed E-state index contributed by atoms with van der Waals surface area (Å²) in [5.41, 5.74) is -0.0692. The van der Waals surface area contributed by atoms with E-state index in [9.17, 15) is 14.4 Å². The molecule has 0 fully saturated rings. The minimum Gasteiger partial charge on any atom is -0.484 e. The highest BCUT2D eigenvalue weighted by molar-refractivity contribution is 5.79. The largest absolute Gasteiger partial charge is 0.484 e. The molecule has 2 amide bonds. The van der Waals surface area contributed by atoms with E-state index in [1.165, 1.54) is 6.07 Å². The Hall–Kier alpha value is -3.03. The van der Waals surface area contributed by atoms with E-state index in [-0.39, 0.29) is 25.7 Å². The van der Waals surface area contributed by atoms with E-state index in [1.807, 2.05) is 0 Å². The van der Waals surface area contributed by atoms with E-state index in [0.717, 1.165) is 5.39 Å². The van der Waals surface area contributed by atoms with Gasteiger partial charge in [0.05, 0.1) is 6.54 Å². The van der Waals surface area contributed by atoms with Gasteiger partial charge in [0.25, 0.3) is 5.91 Å². The molecule has 0 aliphatic rings. The van der Waals surface area contributed by atoms with Crippen LogP contribution in [0.1, 0.15) is 6.92 Å². The zero-order chi connectivity index (χ0) is 17.4. The van der Waals surface area contributed by atoms with Gasteiger partial charge in [0, 0.05) is 24.1 Å². The lowest BCUT2D eigenvalue weighted by molar-refractivity contribution is -0.123. The van der Waals surface area contributed by atoms with Gasteiger partial charge in [-0.15, -0.1) is 0 Å². The number of carbonyl (C=O) groups excluding carboxylic acids is 2. The first-order chi connectivity index (χ1) is 11.6. The molecule has 8 nitrogen and oxygen atoms in total. The highest BCUT2D eigenvalue weighted by atomic mass is 16.5. The van der Waals surface area contributed by atoms with Crippen LogP contribution < -0.4 is 21.0 Å². The fourth-order valence-corrected chi connectivity index (χ4v) is 1.86. The Labute approximate surface area is 137 Å². The molecule has 2 rings (SSSR count). The van der Waals surface area contributed by atoms with Gasteiger partial charge >= 0.3 is 11.7 Å². The number of hydrogen-bond acceptors (Lipinski definition) is 6. The fraction of sp³-hybridized carbons (Fsp3) is 0.312. The minimum absolute atomic E-state index is 0.0682. The van der Waals surface area contributed by atoms with E-state index in [2.05, 4.69) is 10.6 Å². The number of rotatable bonds is 7. The number of carbonyl (C=O) groups is 2. The van der Waals surface area contributed by atoms with Crippen molar-refractivity contribution in [3.8, 4) is 5.75 Å². The second-order valence-corrected chi connectivity index (χ2v) is 4.76. The molecule has 2 N–H and O–H groups in total. The maximum absolute atomic E-state index is 11.6. The summed E-state index contributed by atoms with van der Waals surface area (Å²) in [6.07, 6.45) is -0.527. The minimum atomic E-state index is -0.527. The predicted molar refractivity (Wildman–Crippen MR) is 86.0 cm³/mol. The van der Waals surface area contributed by atoms with E-state index in [1.54, 1.807) is 31.2 Å². The molecule has 2 aromatic rings. The fourth-order valence-electron chi connectivity index (χ4n) is 1.86. The summed E-state index contributed by atoms with van der Waals surface area (Å²) < 4.78 is 15.2. The Morgan fingerprint density at radius 2 is 1.96 bits per heavy atom. The molecular weight excluding hydrogens is 316 g/mol. The van der Waals surface area contributed by atoms with Crippen LogP contribution in [-0.2, 0) is 9.53 Å². The molecule has 0 atom stereocenters. The summed E-state index contributed by atoms with van der Waals surface area (Å²) in [7, 11) is 0. The normalized spacial score (nSPS) is 10.2. The average Bonchev–Trinajstić information content (AvgIpc) is 2.56. The Morgan fingerprint density at radius 3 is 2.75 bits per heavy atom. The molecule has 0 bridgehead atoms. The predicted octanol–water partition coefficient (Wildman–Crippen LogP) is 1.03. The average molecular weight is 334 g/mol. The van der Waals surface area contributed by atoms with Gasteiger partial charge in [-0.05, 0) is 25.1 Å². The molecule has 1 heterocycles. The Kier molecular flexibility index (Phi) is 6.18. The van der Waals surface area contributed by atoms with Crippen LogP contribution in [0.25, 0.3) is 11.0 Å². The number of alkyl carbamates (subject to hydrolysis) is 1. The molecule has 0 saturated carbocycles. The van der Waals surface area contributed by atoms with Gasteiger partial charge in [-0.3, -0.25) is 4.79 Å². The molecule has 24 heavy (non-hydrogen) atoms. The van der Waals surface area contributed by atoms with E-state index < -0.39 is 11.7 Å². The first-order valence-electron chi connectivity index (χ1n) is 7.42. The topological polar surface area (TPSA) is 107 Å². The van der Waals surface area contributed by atoms with Crippen molar-refractivity contribution in [3.05, 3.63) is 40.8 Å². The third-order valence-corrected chi connectivity index (χ3v) is 2.94. The van der Waals surface area contributed by atoms with Crippen molar-refractivity contribution in [1.29, 1.82) is 0 Å². The number of fused-ring (bicyclic) bond motifs is 1. The zero-order valence-electron chi connectivity index (χ0n) is 13.2. The van der Waals surface area contributed by atoms with Gasteiger partial charge in [-0.25, -0.2) is 9.59 Å². The van der Waals surface area contributed by atoms with Gasteiger partial charge in [0.2, 0.25) is 0 Å². The Morgan fingerprint density at radius 1 is 1.17 bits per heavy atom. The van der Waals surface area contributed by atoms with Crippen molar-refractivity contribution in [3.63, 3.8) is 0 Å². The molecule has 0 saturated heterocycles. The van der Waals surface area contributed by atoms with Crippen LogP contribution in [0.5, 0.6) is 5.75 Å². The van der Waals surface area contributed by atoms with Crippen LogP contribution in [0.15, 0.2) is 39.5 Å². The number of benzene rings is 1. The van der Waals surface area contributed by atoms with Crippen molar-refractivity contribution in [2.75, 3.05) is 26.3 Å². The highest BCUT2D eigenvalue weighted by Gasteiger charge is 2.05. The molecule has 0 spiro atoms. The summed E-state index contributed by atoms with van der Waals surface area (Å²) >= 11 is 0. The first kappa shape index (κ1) is 17.3. The van der Waals surface area contributed by atoms with Gasteiger partial charge in [-0.2, -0.15) is 0 Å². The second kappa shape index (κ2) is 8.56. The third kappa shape index (κ3) is 5.31. The SMILES string of the molecule is CCNC(=O)OCCNC(=O)COc1ccc2ccc(=O)oc2c1. The van der Waals surface area contributed by atoms with Crippen molar-refractivity contribution >= 4 is 23.0 Å². The molecule has 0 unspecified atom stereocenters. The van der Waals surface area contributed by atoms with Crippen molar-refractivity contribution < 1.29 is 23.5 Å². The van der Waals surface area contributed by atoms with Crippen molar-refractivity contribution in [2.24, 2.45) is 0 Å². The molecule has 0 aliphatic heterocycles. The first-order valence-corrected chi connectivity index (χ1v) is 7.42. The summed E-state index contributed by atoms with van der Waals surface area (Å²) in [6, 6.07) is 7.92. The molecule has 128 valence electrons. The van der Waals surface area contributed by atoms with Crippen LogP contribution in [0.3, 0.4) is 0 Å². The van der Waals surface area contributed by atoms with Crippen LogP contribution in [0.4, 0.5) is 4.79 Å². The van der Waals surface area contributed by atoms with Gasteiger partial charge < -0.3 is 24.5 Å². The van der Waals surface area contributed by atoms with E-state index >= 15 is 0 Å². The van der Waals surface area contributed by atoms with Crippen molar-refractivity contribution in [1.82, 2.24) is 10.6 Å². The standard InChI is InChI=1S/C16H18N2O6/c1-2-17-16(21)22-8-7-18-14(19)10-23-12-5-3-11-4-6-15(20)24-13(11)9-12/h3-6,9H,2,7-8,10H2,1H3,(H,17,21)(H,18,19). The molecule has 1 aromatic carbocycles. The highest BCUT2D eigenvalue weighted by Crippen LogP contribution is 2.19. The van der Waals surface area contributed by atoms with Crippen molar-refractivity contribution in [2.45, 2.75) is 6.92 Å². The maximum atomic E-state index is 11.6. The van der Waals surface area contributed by atoms with E-state index in [0.29, 0.717) is 17.9 Å². The van der Waals surface area contributed by atoms with Crippen LogP contribution in [0.2, 0.25) is 0 Å². The number of hydrogen-bond donors (Lipinski definition) is 2. The molecule has 0 radical (unpaired) electrons. The van der Waals surface area contributed by atoms with Crippen LogP contribution in [0, 0.1) is 0 Å². The van der Waals surface area contributed by atoms with Crippen LogP contribution in [-0.4, -0.2) is 38.3 Å².